The van der Waals surface area contributed by atoms with Crippen molar-refractivity contribution >= 4 is 99.4 Å². The van der Waals surface area contributed by atoms with Gasteiger partial charge in [-0.3, -0.25) is 18.2 Å². The minimum Gasteiger partial charge on any atom is -0.455 e. The maximum atomic E-state index is 13.7. The van der Waals surface area contributed by atoms with Gasteiger partial charge in [0.25, 0.3) is 12.0 Å². The number of piperidine rings is 2. The number of Topliss-reactive ketones (excluding diaryl/α,β-unsaturated/α-hetero) is 2. The summed E-state index contributed by atoms with van der Waals surface area (Å²) in [7, 11) is -4.22. The lowest BCUT2D eigenvalue weighted by Gasteiger charge is -2.34. The fourth-order valence-electron chi connectivity index (χ4n) is 11.0. The summed E-state index contributed by atoms with van der Waals surface area (Å²) < 4.78 is 105. The summed E-state index contributed by atoms with van der Waals surface area (Å²) in [6, 6.07) is 26.8. The maximum Gasteiger partial charge on any atom is 0.299 e. The zero-order valence-corrected chi connectivity index (χ0v) is 47.5. The third-order valence-electron chi connectivity index (χ3n) is 15.3. The van der Waals surface area contributed by atoms with Crippen LogP contribution in [0.3, 0.4) is 0 Å². The van der Waals surface area contributed by atoms with E-state index in [1.807, 2.05) is 34.1 Å². The van der Waals surface area contributed by atoms with Crippen molar-refractivity contribution in [2.75, 3.05) is 71.2 Å². The predicted molar refractivity (Wildman–Crippen MR) is 311 cm³/mol. The summed E-state index contributed by atoms with van der Waals surface area (Å²) in [5.41, 5.74) is 7.44. The van der Waals surface area contributed by atoms with Crippen LogP contribution in [-0.4, -0.2) is 101 Å². The van der Waals surface area contributed by atoms with E-state index in [-0.39, 0.29) is 36.2 Å². The number of rotatable bonds is 14. The van der Waals surface area contributed by atoms with Gasteiger partial charge in [0.1, 0.15) is 34.3 Å². The van der Waals surface area contributed by atoms with Crippen LogP contribution in [0.2, 0.25) is 0 Å². The zero-order valence-electron chi connectivity index (χ0n) is 45.9. The minimum absolute atomic E-state index is 0.0935. The van der Waals surface area contributed by atoms with Crippen molar-refractivity contribution in [3.8, 4) is 22.6 Å². The number of oxazole rings is 2. The summed E-state index contributed by atoms with van der Waals surface area (Å²) in [6.45, 7) is 6.06. The number of anilines is 4. The van der Waals surface area contributed by atoms with Gasteiger partial charge in [0, 0.05) is 111 Å². The normalized spacial score (nSPS) is 16.0. The third-order valence-corrected chi connectivity index (χ3v) is 17.7. The molecular formula is C60H58F2N8O10S2. The minimum atomic E-state index is -3.62. The summed E-state index contributed by atoms with van der Waals surface area (Å²) in [4.78, 5) is 48.3. The molecular weight excluding hydrogens is 1090 g/mol. The molecule has 2 saturated heterocycles. The van der Waals surface area contributed by atoms with Crippen LogP contribution >= 0.6 is 0 Å². The molecule has 0 amide bonds. The highest BCUT2D eigenvalue weighted by Crippen LogP contribution is 2.45. The molecule has 2 aliphatic rings. The van der Waals surface area contributed by atoms with E-state index in [0.29, 0.717) is 115 Å². The Balaban J connectivity index is 0.000000172. The molecule has 0 saturated carbocycles. The van der Waals surface area contributed by atoms with Crippen LogP contribution < -0.4 is 18.4 Å². The summed E-state index contributed by atoms with van der Waals surface area (Å²) >= 11 is 0. The number of pyridine rings is 2. The van der Waals surface area contributed by atoms with E-state index in [9.17, 15) is 35.2 Å². The highest BCUT2D eigenvalue weighted by Gasteiger charge is 2.34. The highest BCUT2D eigenvalue weighted by atomic mass is 32.2. The van der Waals surface area contributed by atoms with Crippen LogP contribution in [0.1, 0.15) is 96.1 Å². The Bertz CT molecular complexity index is 3970. The van der Waals surface area contributed by atoms with Crippen LogP contribution in [0, 0.1) is 11.6 Å². The van der Waals surface area contributed by atoms with E-state index in [1.54, 1.807) is 74.8 Å². The second-order valence-corrected chi connectivity index (χ2v) is 24.7. The van der Waals surface area contributed by atoms with E-state index in [2.05, 4.69) is 19.9 Å². The molecule has 0 unspecified atom stereocenters. The van der Waals surface area contributed by atoms with Gasteiger partial charge in [0.15, 0.2) is 22.7 Å². The van der Waals surface area contributed by atoms with E-state index in [1.165, 1.54) is 47.0 Å². The van der Waals surface area contributed by atoms with Gasteiger partial charge in [-0.25, -0.2) is 35.6 Å². The molecule has 2 fully saturated rings. The van der Waals surface area contributed by atoms with Crippen molar-refractivity contribution in [1.82, 2.24) is 19.9 Å². The van der Waals surface area contributed by atoms with Gasteiger partial charge in [-0.2, -0.15) is 9.97 Å². The number of fused-ring (bicyclic) bond motifs is 4. The zero-order chi connectivity index (χ0) is 57.8. The van der Waals surface area contributed by atoms with Crippen LogP contribution in [-0.2, 0) is 20.0 Å². The predicted octanol–water partition coefficient (Wildman–Crippen LogP) is 12.3. The van der Waals surface area contributed by atoms with Crippen LogP contribution in [0.25, 0.3) is 67.0 Å². The Morgan fingerprint density at radius 3 is 1.32 bits per heavy atom. The maximum absolute atomic E-state index is 13.7. The second-order valence-electron chi connectivity index (χ2n) is 20.7. The molecule has 0 radical (unpaired) electrons. The first-order valence-corrected chi connectivity index (χ1v) is 30.6. The molecule has 12 rings (SSSR count). The van der Waals surface area contributed by atoms with Crippen molar-refractivity contribution in [2.45, 2.75) is 64.2 Å². The Labute approximate surface area is 471 Å². The molecule has 22 heteroatoms. The smallest absolute Gasteiger partial charge is 0.299 e. The molecule has 82 heavy (non-hydrogen) atoms. The van der Waals surface area contributed by atoms with Gasteiger partial charge < -0.3 is 27.5 Å². The number of furan rings is 2. The second kappa shape index (κ2) is 22.1. The van der Waals surface area contributed by atoms with Gasteiger partial charge in [0.2, 0.25) is 31.3 Å². The molecule has 4 aromatic carbocycles. The van der Waals surface area contributed by atoms with Gasteiger partial charge in [-0.1, -0.05) is 13.8 Å². The van der Waals surface area contributed by atoms with E-state index >= 15 is 0 Å². The average molecular weight is 1150 g/mol. The average Bonchev–Trinajstić information content (AvgIpc) is 4.45. The lowest BCUT2D eigenvalue weighted by atomic mass is 9.88. The number of aromatic nitrogens is 4. The molecule has 10 aromatic rings. The van der Waals surface area contributed by atoms with Crippen LogP contribution in [0.15, 0.2) is 127 Å². The molecule has 0 bridgehead atoms. The fourth-order valence-corrected chi connectivity index (χ4v) is 12.0. The largest absolute Gasteiger partial charge is 0.455 e. The van der Waals surface area contributed by atoms with Crippen molar-refractivity contribution in [1.29, 1.82) is 0 Å². The first-order valence-electron chi connectivity index (χ1n) is 26.9. The standard InChI is InChI=1S/2C30H29FN4O5S/c2*1-4-24(36)27-22-15-21(19-7-6-14-35(17-19)30-33-29-25(40-30)8-5-13-32-29)23(34(2)41(3,37)38)16-26(22)39-28(27)18-9-11-20(31)12-10-18/h2*5,8-13,15-16,19H,4,6-7,14,17H2,1-3H3/t2*19-/m10/s1. The number of halogens is 2. The highest BCUT2D eigenvalue weighted by molar-refractivity contribution is 7.92. The summed E-state index contributed by atoms with van der Waals surface area (Å²) in [5.74, 6) is -0.561. The number of ketones is 2. The van der Waals surface area contributed by atoms with Crippen LogP contribution in [0.5, 0.6) is 0 Å². The SMILES string of the molecule is CCC(=O)c1c(-c2ccc(F)cc2)oc2cc(N(C)S(C)(=O)=O)c([C@@H]3CCCN(c4nc5ncccc5o4)C3)cc12.CCC(=O)c1c(-c2ccc(F)cc2)oc2cc(N(C)S(C)(=O)=O)c([C@H]3CCCN(c4nc5ncccc5o4)C3)cc12. The number of hydrogen-bond donors (Lipinski definition) is 0. The number of sulfonamides is 2. The fraction of sp³-hybridized carbons (Fsp3) is 0.300. The van der Waals surface area contributed by atoms with Crippen molar-refractivity contribution in [2.24, 2.45) is 0 Å². The summed E-state index contributed by atoms with van der Waals surface area (Å²) in [6.07, 6.45) is 9.35. The molecule has 424 valence electrons. The number of nitrogens with zero attached hydrogens (tertiary/aromatic N) is 8. The van der Waals surface area contributed by atoms with E-state index in [4.69, 9.17) is 17.7 Å². The number of benzene rings is 4. The molecule has 2 aliphatic heterocycles. The molecule has 2 atom stereocenters. The molecule has 6 aromatic heterocycles. The van der Waals surface area contributed by atoms with Gasteiger partial charge in [0.05, 0.1) is 35.0 Å². The third kappa shape index (κ3) is 10.8. The number of carbonyl (C=O) groups is 2. The first-order chi connectivity index (χ1) is 39.3. The van der Waals surface area contributed by atoms with Crippen LogP contribution in [0.4, 0.5) is 32.2 Å². The monoisotopic (exact) mass is 1150 g/mol. The van der Waals surface area contributed by atoms with Gasteiger partial charge in [-0.15, -0.1) is 0 Å². The van der Waals surface area contributed by atoms with Crippen molar-refractivity contribution < 1.29 is 52.9 Å². The molecule has 0 spiro atoms. The Kier molecular flexibility index (Phi) is 14.9. The van der Waals surface area contributed by atoms with Gasteiger partial charge >= 0.3 is 0 Å². The lowest BCUT2D eigenvalue weighted by molar-refractivity contribution is 0.0981. The van der Waals surface area contributed by atoms with Gasteiger partial charge in [-0.05, 0) is 122 Å². The molecule has 8 heterocycles. The topological polar surface area (TPSA) is 219 Å². The Hall–Kier alpha value is -8.50. The number of carbonyl (C=O) groups excluding carboxylic acids is 2. The van der Waals surface area contributed by atoms with Crippen molar-refractivity contribution in [3.05, 3.63) is 143 Å². The Morgan fingerprint density at radius 2 is 0.963 bits per heavy atom. The molecule has 0 aliphatic carbocycles. The first kappa shape index (κ1) is 55.4. The van der Waals surface area contributed by atoms with E-state index in [0.717, 1.165) is 62.4 Å². The number of hydrogen-bond acceptors (Lipinski definition) is 16. The van der Waals surface area contributed by atoms with E-state index < -0.39 is 31.7 Å². The lowest BCUT2D eigenvalue weighted by Crippen LogP contribution is -2.35. The quantitative estimate of drug-likeness (QED) is 0.0924. The summed E-state index contributed by atoms with van der Waals surface area (Å²) in [5, 5.41) is 1.19. The van der Waals surface area contributed by atoms with Crippen molar-refractivity contribution in [3.63, 3.8) is 0 Å². The Morgan fingerprint density at radius 1 is 0.573 bits per heavy atom. The molecule has 0 N–H and O–H groups in total. The molecule has 18 nitrogen and oxygen atoms in total.